The summed E-state index contributed by atoms with van der Waals surface area (Å²) in [7, 11) is 1.60. The highest BCUT2D eigenvalue weighted by atomic mass is 16.5. The quantitative estimate of drug-likeness (QED) is 0.601. The average Bonchev–Trinajstić information content (AvgIpc) is 2.88. The van der Waals surface area contributed by atoms with Crippen LogP contribution >= 0.6 is 0 Å². The van der Waals surface area contributed by atoms with Crippen molar-refractivity contribution >= 4 is 22.8 Å². The van der Waals surface area contributed by atoms with Gasteiger partial charge < -0.3 is 24.8 Å². The molecule has 3 aromatic rings. The van der Waals surface area contributed by atoms with Gasteiger partial charge in [-0.25, -0.2) is 9.78 Å². The molecule has 1 amide bonds. The second-order valence-corrected chi connectivity index (χ2v) is 8.60. The number of rotatable bonds is 5. The van der Waals surface area contributed by atoms with Gasteiger partial charge in [0.1, 0.15) is 24.4 Å². The van der Waals surface area contributed by atoms with Crippen LogP contribution in [0.25, 0.3) is 11.0 Å². The third-order valence-corrected chi connectivity index (χ3v) is 6.49. The molecule has 1 unspecified atom stereocenters. The zero-order valence-corrected chi connectivity index (χ0v) is 18.6. The van der Waals surface area contributed by atoms with E-state index in [9.17, 15) is 4.79 Å². The van der Waals surface area contributed by atoms with Crippen LogP contribution in [0.1, 0.15) is 31.2 Å². The van der Waals surface area contributed by atoms with E-state index < -0.39 is 0 Å². The van der Waals surface area contributed by atoms with Crippen molar-refractivity contribution in [2.45, 2.75) is 44.4 Å². The number of methoxy groups -OCH3 is 1. The SMILES string of the molecule is COc1ccc2ncc3c(c2n1)NC(C1CCC(NC(=O)OCc2ccccc2)CC1)CO3. The smallest absolute Gasteiger partial charge is 0.407 e. The normalized spacial score (nSPS) is 21.9. The standard InChI is InChI=1S/C25H28N4O4/c1-31-22-12-11-19-23(29-22)24-21(13-26-19)32-15-20(28-24)17-7-9-18(10-8-17)27-25(30)33-14-16-5-3-2-4-6-16/h2-6,11-13,17-18,20,28H,7-10,14-15H2,1H3,(H,27,30). The van der Waals surface area contributed by atoms with Crippen molar-refractivity contribution in [1.29, 1.82) is 0 Å². The number of aromatic nitrogens is 2. The Morgan fingerprint density at radius 1 is 1.15 bits per heavy atom. The average molecular weight is 449 g/mol. The molecule has 33 heavy (non-hydrogen) atoms. The summed E-state index contributed by atoms with van der Waals surface area (Å²) in [5.74, 6) is 1.72. The fourth-order valence-electron chi connectivity index (χ4n) is 4.65. The van der Waals surface area contributed by atoms with Crippen LogP contribution in [-0.4, -0.2) is 41.9 Å². The second kappa shape index (κ2) is 9.52. The topological polar surface area (TPSA) is 94.6 Å². The molecule has 1 fully saturated rings. The number of hydrogen-bond acceptors (Lipinski definition) is 7. The number of alkyl carbamates (subject to hydrolysis) is 1. The number of pyridine rings is 2. The number of nitrogens with zero attached hydrogens (tertiary/aromatic N) is 2. The number of benzene rings is 1. The Morgan fingerprint density at radius 3 is 2.76 bits per heavy atom. The first-order chi connectivity index (χ1) is 16.2. The Bertz CT molecular complexity index is 1110. The van der Waals surface area contributed by atoms with Crippen LogP contribution in [0, 0.1) is 5.92 Å². The molecule has 3 heterocycles. The molecule has 1 aromatic carbocycles. The molecule has 1 aliphatic carbocycles. The summed E-state index contributed by atoms with van der Waals surface area (Å²) in [5, 5.41) is 6.68. The molecule has 8 heteroatoms. The van der Waals surface area contributed by atoms with Gasteiger partial charge in [-0.15, -0.1) is 0 Å². The molecule has 2 aliphatic rings. The number of ether oxygens (including phenoxy) is 3. The fraction of sp³-hybridized carbons (Fsp3) is 0.400. The first-order valence-electron chi connectivity index (χ1n) is 11.4. The zero-order chi connectivity index (χ0) is 22.6. The van der Waals surface area contributed by atoms with E-state index in [1.54, 1.807) is 13.3 Å². The van der Waals surface area contributed by atoms with E-state index in [1.165, 1.54) is 0 Å². The summed E-state index contributed by atoms with van der Waals surface area (Å²) in [6.45, 7) is 0.873. The number of carbonyl (C=O) groups excluding carboxylic acids is 1. The predicted molar refractivity (Wildman–Crippen MR) is 125 cm³/mol. The van der Waals surface area contributed by atoms with E-state index >= 15 is 0 Å². The highest BCUT2D eigenvalue weighted by Crippen LogP contribution is 2.38. The van der Waals surface area contributed by atoms with Gasteiger partial charge in [-0.2, -0.15) is 0 Å². The maximum atomic E-state index is 12.2. The lowest BCUT2D eigenvalue weighted by molar-refractivity contribution is 0.129. The molecule has 5 rings (SSSR count). The number of nitrogens with one attached hydrogen (secondary N) is 2. The van der Waals surface area contributed by atoms with Gasteiger partial charge in [0.15, 0.2) is 5.75 Å². The van der Waals surface area contributed by atoms with Crippen LogP contribution in [0.2, 0.25) is 0 Å². The Morgan fingerprint density at radius 2 is 1.97 bits per heavy atom. The van der Waals surface area contributed by atoms with Gasteiger partial charge in [-0.1, -0.05) is 30.3 Å². The lowest BCUT2D eigenvalue weighted by Crippen LogP contribution is -2.44. The van der Waals surface area contributed by atoms with Crippen molar-refractivity contribution in [3.8, 4) is 11.6 Å². The highest BCUT2D eigenvalue weighted by Gasteiger charge is 2.32. The molecule has 1 saturated carbocycles. The van der Waals surface area contributed by atoms with E-state index in [-0.39, 0.29) is 24.8 Å². The van der Waals surface area contributed by atoms with Crippen LogP contribution in [0.5, 0.6) is 11.6 Å². The van der Waals surface area contributed by atoms with Crippen molar-refractivity contribution in [2.24, 2.45) is 5.92 Å². The maximum absolute atomic E-state index is 12.2. The van der Waals surface area contributed by atoms with E-state index in [0.29, 0.717) is 18.4 Å². The molecule has 2 aromatic heterocycles. The molecule has 172 valence electrons. The van der Waals surface area contributed by atoms with E-state index in [4.69, 9.17) is 14.2 Å². The molecule has 0 spiro atoms. The lowest BCUT2D eigenvalue weighted by Gasteiger charge is -2.37. The first-order valence-corrected chi connectivity index (χ1v) is 11.4. The van der Waals surface area contributed by atoms with Gasteiger partial charge in [-0.05, 0) is 43.2 Å². The number of fused-ring (bicyclic) bond motifs is 3. The van der Waals surface area contributed by atoms with Crippen LogP contribution in [0.4, 0.5) is 10.5 Å². The summed E-state index contributed by atoms with van der Waals surface area (Å²) in [6, 6.07) is 13.7. The largest absolute Gasteiger partial charge is 0.488 e. The van der Waals surface area contributed by atoms with Crippen molar-refractivity contribution < 1.29 is 19.0 Å². The van der Waals surface area contributed by atoms with Gasteiger partial charge >= 0.3 is 6.09 Å². The molecular formula is C25H28N4O4. The number of hydrogen-bond donors (Lipinski definition) is 2. The third kappa shape index (κ3) is 4.79. The van der Waals surface area contributed by atoms with E-state index in [1.807, 2.05) is 42.5 Å². The van der Waals surface area contributed by atoms with Crippen molar-refractivity contribution in [3.63, 3.8) is 0 Å². The summed E-state index contributed by atoms with van der Waals surface area (Å²) < 4.78 is 16.7. The molecule has 2 N–H and O–H groups in total. The van der Waals surface area contributed by atoms with E-state index in [0.717, 1.165) is 53.7 Å². The predicted octanol–water partition coefficient (Wildman–Crippen LogP) is 4.30. The monoisotopic (exact) mass is 448 g/mol. The first kappa shape index (κ1) is 21.3. The minimum atomic E-state index is -0.352. The lowest BCUT2D eigenvalue weighted by atomic mass is 9.81. The van der Waals surface area contributed by atoms with Gasteiger partial charge in [0.25, 0.3) is 0 Å². The number of carbonyl (C=O) groups is 1. The summed E-state index contributed by atoms with van der Waals surface area (Å²) in [4.78, 5) is 21.2. The van der Waals surface area contributed by atoms with Crippen LogP contribution in [-0.2, 0) is 11.3 Å². The molecule has 0 bridgehead atoms. The third-order valence-electron chi connectivity index (χ3n) is 6.49. The fourth-order valence-corrected chi connectivity index (χ4v) is 4.65. The summed E-state index contributed by atoms with van der Waals surface area (Å²) in [5.41, 5.74) is 3.41. The van der Waals surface area contributed by atoms with Crippen LogP contribution < -0.4 is 20.1 Å². The van der Waals surface area contributed by atoms with Crippen molar-refractivity contribution in [2.75, 3.05) is 19.0 Å². The van der Waals surface area contributed by atoms with Gasteiger partial charge in [-0.3, -0.25) is 4.98 Å². The van der Waals surface area contributed by atoms with E-state index in [2.05, 4.69) is 20.6 Å². The van der Waals surface area contributed by atoms with Gasteiger partial charge in [0, 0.05) is 12.1 Å². The van der Waals surface area contributed by atoms with Gasteiger partial charge in [0.2, 0.25) is 5.88 Å². The molecular weight excluding hydrogens is 420 g/mol. The van der Waals surface area contributed by atoms with Crippen molar-refractivity contribution in [3.05, 3.63) is 54.2 Å². The minimum Gasteiger partial charge on any atom is -0.488 e. The molecule has 1 atom stereocenters. The molecule has 1 aliphatic heterocycles. The zero-order valence-electron chi connectivity index (χ0n) is 18.6. The second-order valence-electron chi connectivity index (χ2n) is 8.60. The number of amides is 1. The molecule has 0 saturated heterocycles. The maximum Gasteiger partial charge on any atom is 0.407 e. The summed E-state index contributed by atoms with van der Waals surface area (Å²) >= 11 is 0. The Balaban J connectivity index is 1.16. The molecule has 0 radical (unpaired) electrons. The summed E-state index contributed by atoms with van der Waals surface area (Å²) in [6.07, 6.45) is 5.23. The highest BCUT2D eigenvalue weighted by molar-refractivity contribution is 5.91. The Kier molecular flexibility index (Phi) is 6.15. The molecule has 8 nitrogen and oxygen atoms in total. The van der Waals surface area contributed by atoms with Gasteiger partial charge in [0.05, 0.1) is 24.9 Å². The van der Waals surface area contributed by atoms with Crippen LogP contribution in [0.15, 0.2) is 48.7 Å². The number of anilines is 1. The van der Waals surface area contributed by atoms with Crippen LogP contribution in [0.3, 0.4) is 0 Å². The minimum absolute atomic E-state index is 0.136. The Hall–Kier alpha value is -3.55. The van der Waals surface area contributed by atoms with Crippen molar-refractivity contribution in [1.82, 2.24) is 15.3 Å². The Labute approximate surface area is 192 Å².